The summed E-state index contributed by atoms with van der Waals surface area (Å²) in [7, 11) is 1.72. The second-order valence-corrected chi connectivity index (χ2v) is 6.41. The second-order valence-electron chi connectivity index (χ2n) is 5.62. The predicted octanol–water partition coefficient (Wildman–Crippen LogP) is 4.24. The molecule has 3 rings (SSSR count). The number of alkyl halides is 1. The van der Waals surface area contributed by atoms with Crippen LogP contribution >= 0.6 is 15.9 Å². The maximum Gasteiger partial charge on any atom is 0.136 e. The Hall–Kier alpha value is -1.29. The van der Waals surface area contributed by atoms with Crippen LogP contribution in [0.2, 0.25) is 0 Å². The quantitative estimate of drug-likeness (QED) is 0.772. The molecule has 0 spiro atoms. The molecule has 112 valence electrons. The number of rotatable bonds is 4. The highest BCUT2D eigenvalue weighted by Crippen LogP contribution is 2.33. The largest absolute Gasteiger partial charge is 0.496 e. The molecule has 1 fully saturated rings. The van der Waals surface area contributed by atoms with Crippen LogP contribution in [-0.2, 0) is 0 Å². The standard InChI is InChI=1S/C17H21BrN2O/c1-21-16-6-2-5-15-14(16)8-10-19-17(15)20-11-3-4-13(12-20)7-9-18/h2,5-6,8,10,13H,3-4,7,9,11-12H2,1H3. The monoisotopic (exact) mass is 348 g/mol. The van der Waals surface area contributed by atoms with Crippen molar-refractivity contribution in [1.82, 2.24) is 4.98 Å². The van der Waals surface area contributed by atoms with Gasteiger partial charge in [0.2, 0.25) is 0 Å². The van der Waals surface area contributed by atoms with Crippen LogP contribution in [0.3, 0.4) is 0 Å². The number of aromatic nitrogens is 1. The third kappa shape index (κ3) is 3.00. The molecule has 4 heteroatoms. The first kappa shape index (κ1) is 14.6. The number of methoxy groups -OCH3 is 1. The van der Waals surface area contributed by atoms with Gasteiger partial charge in [-0.3, -0.25) is 0 Å². The summed E-state index contributed by atoms with van der Waals surface area (Å²) in [5.74, 6) is 2.79. The lowest BCUT2D eigenvalue weighted by Gasteiger charge is -2.34. The van der Waals surface area contributed by atoms with E-state index in [0.29, 0.717) is 0 Å². The molecule has 0 amide bonds. The van der Waals surface area contributed by atoms with Crippen molar-refractivity contribution in [3.63, 3.8) is 0 Å². The summed E-state index contributed by atoms with van der Waals surface area (Å²) >= 11 is 3.57. The summed E-state index contributed by atoms with van der Waals surface area (Å²) in [5, 5.41) is 3.42. The van der Waals surface area contributed by atoms with Crippen molar-refractivity contribution in [2.24, 2.45) is 5.92 Å². The number of halogens is 1. The minimum atomic E-state index is 0.765. The summed E-state index contributed by atoms with van der Waals surface area (Å²) in [6, 6.07) is 8.24. The zero-order valence-corrected chi connectivity index (χ0v) is 14.0. The highest BCUT2D eigenvalue weighted by molar-refractivity contribution is 9.09. The van der Waals surface area contributed by atoms with Crippen molar-refractivity contribution in [3.05, 3.63) is 30.5 Å². The number of hydrogen-bond donors (Lipinski definition) is 0. The Kier molecular flexibility index (Phi) is 4.63. The summed E-state index contributed by atoms with van der Waals surface area (Å²) in [6.45, 7) is 2.21. The van der Waals surface area contributed by atoms with E-state index < -0.39 is 0 Å². The molecule has 3 nitrogen and oxygen atoms in total. The molecule has 2 aromatic rings. The number of pyridine rings is 1. The molecule has 2 heterocycles. The summed E-state index contributed by atoms with van der Waals surface area (Å²) < 4.78 is 5.48. The average molecular weight is 349 g/mol. The molecule has 1 saturated heterocycles. The molecule has 0 aliphatic carbocycles. The molecular weight excluding hydrogens is 328 g/mol. The predicted molar refractivity (Wildman–Crippen MR) is 91.6 cm³/mol. The van der Waals surface area contributed by atoms with E-state index in [9.17, 15) is 0 Å². The Labute approximate surface area is 134 Å². The molecule has 0 bridgehead atoms. The van der Waals surface area contributed by atoms with Gasteiger partial charge in [0, 0.05) is 35.4 Å². The zero-order chi connectivity index (χ0) is 14.7. The average Bonchev–Trinajstić information content (AvgIpc) is 2.54. The van der Waals surface area contributed by atoms with E-state index in [0.717, 1.165) is 41.3 Å². The van der Waals surface area contributed by atoms with Crippen molar-refractivity contribution < 1.29 is 4.74 Å². The lowest BCUT2D eigenvalue weighted by molar-refractivity contribution is 0.406. The molecule has 1 aromatic carbocycles. The number of anilines is 1. The summed E-state index contributed by atoms with van der Waals surface area (Å²) in [4.78, 5) is 7.10. The van der Waals surface area contributed by atoms with Gasteiger partial charge < -0.3 is 9.64 Å². The van der Waals surface area contributed by atoms with E-state index in [1.54, 1.807) is 7.11 Å². The summed E-state index contributed by atoms with van der Waals surface area (Å²) in [6.07, 6.45) is 5.72. The van der Waals surface area contributed by atoms with Crippen LogP contribution in [0.15, 0.2) is 30.5 Å². The van der Waals surface area contributed by atoms with E-state index in [1.807, 2.05) is 24.4 Å². The molecule has 0 N–H and O–H groups in total. The van der Waals surface area contributed by atoms with Crippen LogP contribution in [0.4, 0.5) is 5.82 Å². The maximum atomic E-state index is 5.48. The fourth-order valence-electron chi connectivity index (χ4n) is 3.24. The lowest BCUT2D eigenvalue weighted by atomic mass is 9.95. The molecule has 21 heavy (non-hydrogen) atoms. The highest BCUT2D eigenvalue weighted by Gasteiger charge is 2.22. The lowest BCUT2D eigenvalue weighted by Crippen LogP contribution is -2.36. The number of hydrogen-bond acceptors (Lipinski definition) is 3. The molecule has 1 aromatic heterocycles. The van der Waals surface area contributed by atoms with Crippen molar-refractivity contribution >= 4 is 32.5 Å². The fourth-order valence-corrected chi connectivity index (χ4v) is 3.89. The van der Waals surface area contributed by atoms with Crippen molar-refractivity contribution in [1.29, 1.82) is 0 Å². The minimum absolute atomic E-state index is 0.765. The molecule has 1 aliphatic rings. The van der Waals surface area contributed by atoms with Gasteiger partial charge in [-0.15, -0.1) is 0 Å². The number of ether oxygens (including phenoxy) is 1. The van der Waals surface area contributed by atoms with E-state index in [2.05, 4.69) is 31.9 Å². The second kappa shape index (κ2) is 6.65. The van der Waals surface area contributed by atoms with Gasteiger partial charge in [0.25, 0.3) is 0 Å². The minimum Gasteiger partial charge on any atom is -0.496 e. The van der Waals surface area contributed by atoms with Crippen LogP contribution in [0, 0.1) is 5.92 Å². The normalized spacial score (nSPS) is 19.0. The van der Waals surface area contributed by atoms with Gasteiger partial charge >= 0.3 is 0 Å². The van der Waals surface area contributed by atoms with Gasteiger partial charge in [-0.1, -0.05) is 28.1 Å². The molecule has 1 unspecified atom stereocenters. The van der Waals surface area contributed by atoms with Crippen LogP contribution in [0.1, 0.15) is 19.3 Å². The topological polar surface area (TPSA) is 25.4 Å². The Morgan fingerprint density at radius 1 is 1.33 bits per heavy atom. The summed E-state index contributed by atoms with van der Waals surface area (Å²) in [5.41, 5.74) is 0. The van der Waals surface area contributed by atoms with E-state index in [-0.39, 0.29) is 0 Å². The first-order valence-corrected chi connectivity index (χ1v) is 8.68. The maximum absolute atomic E-state index is 5.48. The number of fused-ring (bicyclic) bond motifs is 1. The van der Waals surface area contributed by atoms with Gasteiger partial charge in [0.1, 0.15) is 11.6 Å². The highest BCUT2D eigenvalue weighted by atomic mass is 79.9. The molecule has 0 saturated carbocycles. The van der Waals surface area contributed by atoms with Crippen molar-refractivity contribution in [2.45, 2.75) is 19.3 Å². The van der Waals surface area contributed by atoms with Gasteiger partial charge in [0.15, 0.2) is 0 Å². The third-order valence-electron chi connectivity index (χ3n) is 4.30. The van der Waals surface area contributed by atoms with Gasteiger partial charge in [-0.2, -0.15) is 0 Å². The number of piperidine rings is 1. The van der Waals surface area contributed by atoms with Gasteiger partial charge in [-0.25, -0.2) is 4.98 Å². The number of benzene rings is 1. The van der Waals surface area contributed by atoms with E-state index in [4.69, 9.17) is 4.74 Å². The smallest absolute Gasteiger partial charge is 0.136 e. The number of nitrogens with zero attached hydrogens (tertiary/aromatic N) is 2. The molecular formula is C17H21BrN2O. The van der Waals surface area contributed by atoms with E-state index >= 15 is 0 Å². The Bertz CT molecular complexity index is 615. The SMILES string of the molecule is COc1cccc2c(N3CCCC(CCBr)C3)nccc12. The van der Waals surface area contributed by atoms with Crippen LogP contribution in [-0.4, -0.2) is 30.5 Å². The van der Waals surface area contributed by atoms with Crippen LogP contribution in [0.5, 0.6) is 5.75 Å². The molecule has 1 aliphatic heterocycles. The Balaban J connectivity index is 1.96. The van der Waals surface area contributed by atoms with Crippen molar-refractivity contribution in [3.8, 4) is 5.75 Å². The molecule has 1 atom stereocenters. The van der Waals surface area contributed by atoms with Gasteiger partial charge in [0.05, 0.1) is 7.11 Å². The van der Waals surface area contributed by atoms with Crippen LogP contribution in [0.25, 0.3) is 10.8 Å². The fraction of sp³-hybridized carbons (Fsp3) is 0.471. The van der Waals surface area contributed by atoms with Gasteiger partial charge in [-0.05, 0) is 37.3 Å². The first-order chi connectivity index (χ1) is 10.3. The van der Waals surface area contributed by atoms with Crippen molar-refractivity contribution in [2.75, 3.05) is 30.4 Å². The zero-order valence-electron chi connectivity index (χ0n) is 12.4. The Morgan fingerprint density at radius 2 is 2.24 bits per heavy atom. The van der Waals surface area contributed by atoms with E-state index in [1.165, 1.54) is 24.6 Å². The third-order valence-corrected chi connectivity index (χ3v) is 4.76. The molecule has 0 radical (unpaired) electrons. The Morgan fingerprint density at radius 3 is 3.05 bits per heavy atom. The van der Waals surface area contributed by atoms with Crippen LogP contribution < -0.4 is 9.64 Å². The first-order valence-electron chi connectivity index (χ1n) is 7.56.